The Morgan fingerprint density at radius 1 is 1.27 bits per heavy atom. The number of furan rings is 1. The lowest BCUT2D eigenvalue weighted by Gasteiger charge is -2.11. The molecule has 26 heavy (non-hydrogen) atoms. The fourth-order valence-electron chi connectivity index (χ4n) is 2.08. The van der Waals surface area contributed by atoms with Crippen LogP contribution in [0.1, 0.15) is 34.3 Å². The largest absolute Gasteiger partial charge is 0.459 e. The summed E-state index contributed by atoms with van der Waals surface area (Å²) in [5.74, 6) is 0.835. The zero-order valence-corrected chi connectivity index (χ0v) is 18.2. The number of hydrogen-bond donors (Lipinski definition) is 3. The number of aryl methyl sites for hydroxylation is 1. The fraction of sp³-hybridized carbons (Fsp3) is 0.471. The Balaban J connectivity index is 0.00000338. The molecule has 2 aromatic rings. The molecular formula is C17H26IN5O2S. The predicted octanol–water partition coefficient (Wildman–Crippen LogP) is 2.44. The number of halogens is 1. The van der Waals surface area contributed by atoms with Gasteiger partial charge in [0.2, 0.25) is 0 Å². The molecular weight excluding hydrogens is 465 g/mol. The van der Waals surface area contributed by atoms with Gasteiger partial charge in [0.05, 0.1) is 11.3 Å². The van der Waals surface area contributed by atoms with E-state index in [2.05, 4.69) is 32.9 Å². The van der Waals surface area contributed by atoms with Crippen molar-refractivity contribution in [2.24, 2.45) is 4.99 Å². The van der Waals surface area contributed by atoms with Crippen molar-refractivity contribution >= 4 is 47.2 Å². The maximum Gasteiger partial charge on any atom is 0.287 e. The number of carbonyl (C=O) groups excluding carboxylic acids is 1. The summed E-state index contributed by atoms with van der Waals surface area (Å²) in [6.45, 7) is 6.66. The summed E-state index contributed by atoms with van der Waals surface area (Å²) >= 11 is 1.74. The minimum atomic E-state index is -0.218. The number of rotatable bonds is 9. The maximum atomic E-state index is 11.7. The molecule has 2 rings (SSSR count). The minimum Gasteiger partial charge on any atom is -0.459 e. The highest BCUT2D eigenvalue weighted by Crippen LogP contribution is 2.13. The van der Waals surface area contributed by atoms with Gasteiger partial charge in [-0.1, -0.05) is 6.92 Å². The van der Waals surface area contributed by atoms with Gasteiger partial charge < -0.3 is 20.4 Å². The molecule has 0 radical (unpaired) electrons. The Morgan fingerprint density at radius 2 is 2.08 bits per heavy atom. The SMILES string of the molecule is CCNC(=NCCc1ncc(CC)s1)NCCNC(=O)c1ccco1.I. The third-order valence-corrected chi connectivity index (χ3v) is 4.54. The lowest BCUT2D eigenvalue weighted by molar-refractivity contribution is 0.0926. The number of aromatic nitrogens is 1. The quantitative estimate of drug-likeness (QED) is 0.217. The van der Waals surface area contributed by atoms with E-state index in [0.29, 0.717) is 25.4 Å². The Labute approximate surface area is 175 Å². The summed E-state index contributed by atoms with van der Waals surface area (Å²) in [4.78, 5) is 22.0. The van der Waals surface area contributed by atoms with Crippen molar-refractivity contribution in [3.8, 4) is 0 Å². The van der Waals surface area contributed by atoms with Crippen LogP contribution in [0.4, 0.5) is 0 Å². The third-order valence-electron chi connectivity index (χ3n) is 3.34. The van der Waals surface area contributed by atoms with E-state index in [0.717, 1.165) is 30.4 Å². The van der Waals surface area contributed by atoms with Crippen LogP contribution in [-0.2, 0) is 12.8 Å². The standard InChI is InChI=1S/C17H25N5O2S.HI/c1-3-13-12-22-15(25-13)7-8-20-17(18-4-2)21-10-9-19-16(23)14-6-5-11-24-14;/h5-6,11-12H,3-4,7-10H2,1-2H3,(H,19,23)(H2,18,20,21);1H. The Morgan fingerprint density at radius 3 is 2.73 bits per heavy atom. The second-order valence-corrected chi connectivity index (χ2v) is 6.44. The molecule has 0 aliphatic carbocycles. The molecule has 0 fully saturated rings. The van der Waals surface area contributed by atoms with Crippen LogP contribution in [0, 0.1) is 0 Å². The Kier molecular flexibility index (Phi) is 10.9. The lowest BCUT2D eigenvalue weighted by Crippen LogP contribution is -2.41. The predicted molar refractivity (Wildman–Crippen MR) is 116 cm³/mol. The van der Waals surface area contributed by atoms with Gasteiger partial charge in [0.1, 0.15) is 0 Å². The normalized spacial score (nSPS) is 10.9. The van der Waals surface area contributed by atoms with Gasteiger partial charge in [-0.2, -0.15) is 0 Å². The summed E-state index contributed by atoms with van der Waals surface area (Å²) in [5, 5.41) is 10.3. The first-order chi connectivity index (χ1) is 12.2. The molecule has 0 bridgehead atoms. The van der Waals surface area contributed by atoms with E-state index in [-0.39, 0.29) is 29.9 Å². The van der Waals surface area contributed by atoms with Crippen molar-refractivity contribution in [2.75, 3.05) is 26.2 Å². The van der Waals surface area contributed by atoms with Crippen LogP contribution in [-0.4, -0.2) is 43.0 Å². The lowest BCUT2D eigenvalue weighted by atomic mass is 10.4. The number of carbonyl (C=O) groups is 1. The van der Waals surface area contributed by atoms with Gasteiger partial charge in [0.25, 0.3) is 5.91 Å². The number of guanidine groups is 1. The van der Waals surface area contributed by atoms with Crippen LogP contribution in [0.2, 0.25) is 0 Å². The van der Waals surface area contributed by atoms with Crippen LogP contribution >= 0.6 is 35.3 Å². The first kappa shape index (κ1) is 22.4. The number of aliphatic imine (C=N–C) groups is 1. The molecule has 0 saturated heterocycles. The van der Waals surface area contributed by atoms with E-state index in [1.54, 1.807) is 23.5 Å². The average molecular weight is 491 g/mol. The van der Waals surface area contributed by atoms with Crippen molar-refractivity contribution in [1.82, 2.24) is 20.9 Å². The molecule has 0 unspecified atom stereocenters. The summed E-state index contributed by atoms with van der Waals surface area (Å²) in [6, 6.07) is 3.33. The van der Waals surface area contributed by atoms with Crippen molar-refractivity contribution in [3.05, 3.63) is 40.2 Å². The van der Waals surface area contributed by atoms with E-state index in [1.807, 2.05) is 13.1 Å². The van der Waals surface area contributed by atoms with Gasteiger partial charge in [0.15, 0.2) is 11.7 Å². The van der Waals surface area contributed by atoms with Gasteiger partial charge >= 0.3 is 0 Å². The monoisotopic (exact) mass is 491 g/mol. The molecule has 3 N–H and O–H groups in total. The van der Waals surface area contributed by atoms with E-state index in [4.69, 9.17) is 4.42 Å². The smallest absolute Gasteiger partial charge is 0.287 e. The fourth-order valence-corrected chi connectivity index (χ4v) is 2.94. The highest BCUT2D eigenvalue weighted by Gasteiger charge is 2.07. The molecule has 0 saturated carbocycles. The summed E-state index contributed by atoms with van der Waals surface area (Å²) < 4.78 is 5.04. The van der Waals surface area contributed by atoms with Gasteiger partial charge in [-0.05, 0) is 25.5 Å². The third kappa shape index (κ3) is 7.73. The first-order valence-corrected chi connectivity index (χ1v) is 9.32. The van der Waals surface area contributed by atoms with Crippen molar-refractivity contribution in [2.45, 2.75) is 26.7 Å². The van der Waals surface area contributed by atoms with Crippen LogP contribution in [0.5, 0.6) is 0 Å². The van der Waals surface area contributed by atoms with Crippen LogP contribution in [0.3, 0.4) is 0 Å². The summed E-state index contributed by atoms with van der Waals surface area (Å²) in [6.07, 6.45) is 5.27. The molecule has 2 aromatic heterocycles. The molecule has 9 heteroatoms. The Bertz CT molecular complexity index is 673. The van der Waals surface area contributed by atoms with Gasteiger partial charge in [-0.25, -0.2) is 4.98 Å². The number of nitrogens with zero attached hydrogens (tertiary/aromatic N) is 2. The molecule has 1 amide bonds. The van der Waals surface area contributed by atoms with Crippen molar-refractivity contribution in [1.29, 1.82) is 0 Å². The maximum absolute atomic E-state index is 11.7. The second kappa shape index (κ2) is 12.7. The number of amides is 1. The Hall–Kier alpha value is -1.62. The van der Waals surface area contributed by atoms with E-state index < -0.39 is 0 Å². The molecule has 0 spiro atoms. The zero-order valence-electron chi connectivity index (χ0n) is 15.1. The summed E-state index contributed by atoms with van der Waals surface area (Å²) in [5.41, 5.74) is 0. The van der Waals surface area contributed by atoms with Gasteiger partial charge in [-0.15, -0.1) is 35.3 Å². The molecule has 0 atom stereocenters. The number of nitrogens with one attached hydrogen (secondary N) is 3. The van der Waals surface area contributed by atoms with E-state index in [9.17, 15) is 4.79 Å². The van der Waals surface area contributed by atoms with E-state index >= 15 is 0 Å². The average Bonchev–Trinajstić information content (AvgIpc) is 3.30. The molecule has 0 aliphatic heterocycles. The van der Waals surface area contributed by atoms with Gasteiger partial charge in [0, 0.05) is 43.7 Å². The second-order valence-electron chi connectivity index (χ2n) is 5.24. The first-order valence-electron chi connectivity index (χ1n) is 8.50. The van der Waals surface area contributed by atoms with Gasteiger partial charge in [-0.3, -0.25) is 9.79 Å². The minimum absolute atomic E-state index is 0. The summed E-state index contributed by atoms with van der Waals surface area (Å²) in [7, 11) is 0. The van der Waals surface area contributed by atoms with Crippen molar-refractivity contribution < 1.29 is 9.21 Å². The molecule has 0 aliphatic rings. The van der Waals surface area contributed by atoms with Crippen LogP contribution in [0.15, 0.2) is 34.0 Å². The molecule has 7 nitrogen and oxygen atoms in total. The van der Waals surface area contributed by atoms with E-state index in [1.165, 1.54) is 11.1 Å². The number of hydrogen-bond acceptors (Lipinski definition) is 5. The molecule has 2 heterocycles. The molecule has 144 valence electrons. The highest BCUT2D eigenvalue weighted by molar-refractivity contribution is 14.0. The zero-order chi connectivity index (χ0) is 17.9. The highest BCUT2D eigenvalue weighted by atomic mass is 127. The van der Waals surface area contributed by atoms with Crippen LogP contribution in [0.25, 0.3) is 0 Å². The van der Waals surface area contributed by atoms with Crippen molar-refractivity contribution in [3.63, 3.8) is 0 Å². The van der Waals surface area contributed by atoms with Crippen LogP contribution < -0.4 is 16.0 Å². The molecule has 0 aromatic carbocycles. The number of thiazole rings is 1. The topological polar surface area (TPSA) is 91.5 Å².